The van der Waals surface area contributed by atoms with Gasteiger partial charge in [-0.2, -0.15) is 4.68 Å². The number of rotatable bonds is 11. The number of aryl methyl sites for hydroxylation is 1. The Kier molecular flexibility index (Phi) is 9.36. The second kappa shape index (κ2) is 14.3. The molecule has 0 aliphatic carbocycles. The second-order valence-electron chi connectivity index (χ2n) is 12.2. The van der Waals surface area contributed by atoms with E-state index in [-0.39, 0.29) is 0 Å². The summed E-state index contributed by atoms with van der Waals surface area (Å²) in [7, 11) is 1.69. The van der Waals surface area contributed by atoms with Crippen molar-refractivity contribution in [1.82, 2.24) is 24.9 Å². The summed E-state index contributed by atoms with van der Waals surface area (Å²) in [5.74, 6) is 1.16. The lowest BCUT2D eigenvalue weighted by molar-refractivity contribution is -0.583. The Bertz CT molecular complexity index is 2160. The molecule has 2 heterocycles. The van der Waals surface area contributed by atoms with Gasteiger partial charge in [0.25, 0.3) is 0 Å². The molecule has 0 atom stereocenters. The van der Waals surface area contributed by atoms with E-state index in [2.05, 4.69) is 126 Å². The third-order valence-corrected chi connectivity index (χ3v) is 9.25. The van der Waals surface area contributed by atoms with Crippen molar-refractivity contribution in [1.29, 1.82) is 0 Å². The third-order valence-electron chi connectivity index (χ3n) is 9.05. The highest BCUT2D eigenvalue weighted by Gasteiger charge is 2.42. The largest absolute Gasteiger partial charge is 0.345 e. The molecule has 0 saturated carbocycles. The summed E-state index contributed by atoms with van der Waals surface area (Å²) in [5, 5.41) is 14.3. The minimum atomic E-state index is -0.863. The number of nitrogens with zero attached hydrogens (tertiary/aromatic N) is 7. The standard InChI is InChI=1S/C41H37ClN7O/c1-3-27-47(39-28-36(42)30-46(2)49(39)50)29-31-23-25-32(26-24-31)37-21-13-14-22-38(37)40-43-44-45-48(40)41(33-15-7-4-8-16-33,34-17-9-5-10-18-34)35-19-11-6-12-20-35/h4-26,28,30H,3,27,29H2,1-2H3/q+1. The second-order valence-corrected chi connectivity index (χ2v) is 12.7. The minimum absolute atomic E-state index is 0.515. The average molecular weight is 679 g/mol. The molecule has 0 aliphatic rings. The molecule has 5 aromatic carbocycles. The third kappa shape index (κ3) is 6.10. The van der Waals surface area contributed by atoms with Crippen LogP contribution >= 0.6 is 11.6 Å². The van der Waals surface area contributed by atoms with Crippen LogP contribution in [0.25, 0.3) is 22.5 Å². The first-order valence-electron chi connectivity index (χ1n) is 16.7. The topological polar surface area (TPSA) is 74.7 Å². The highest BCUT2D eigenvalue weighted by atomic mass is 35.5. The molecule has 248 valence electrons. The molecule has 0 unspecified atom stereocenters. The molecule has 50 heavy (non-hydrogen) atoms. The van der Waals surface area contributed by atoms with Crippen LogP contribution in [0, 0.1) is 4.91 Å². The number of hydrogen-bond acceptors (Lipinski definition) is 5. The molecule has 0 amide bonds. The fourth-order valence-corrected chi connectivity index (χ4v) is 7.03. The summed E-state index contributed by atoms with van der Waals surface area (Å²) in [6.45, 7) is 3.37. The van der Waals surface area contributed by atoms with Crippen LogP contribution in [0.5, 0.6) is 0 Å². The summed E-state index contributed by atoms with van der Waals surface area (Å²) in [5.41, 5.74) is 6.26. The summed E-state index contributed by atoms with van der Waals surface area (Å²) in [6, 6.07) is 49.6. The lowest BCUT2D eigenvalue weighted by Gasteiger charge is -2.36. The number of benzene rings is 5. The van der Waals surface area contributed by atoms with E-state index >= 15 is 0 Å². The number of aromatic nitrogens is 6. The van der Waals surface area contributed by atoms with E-state index in [4.69, 9.17) is 21.9 Å². The quantitative estimate of drug-likeness (QED) is 0.102. The van der Waals surface area contributed by atoms with Gasteiger partial charge >= 0.3 is 5.82 Å². The molecule has 8 nitrogen and oxygen atoms in total. The SMILES string of the molecule is CCCN(Cc1ccc(-c2ccccc2-c2nnnn2C(c2ccccc2)(c2ccccc2)c2ccccc2)cc1)c1cc(Cl)cn(C)[n+]1=O. The van der Waals surface area contributed by atoms with Gasteiger partial charge in [-0.25, -0.2) is 4.68 Å². The number of anilines is 1. The van der Waals surface area contributed by atoms with Gasteiger partial charge in [0.2, 0.25) is 0 Å². The highest BCUT2D eigenvalue weighted by molar-refractivity contribution is 6.30. The van der Waals surface area contributed by atoms with E-state index in [0.717, 1.165) is 49.9 Å². The molecular formula is C41H37ClN7O+. The van der Waals surface area contributed by atoms with Crippen LogP contribution < -0.4 is 9.44 Å². The van der Waals surface area contributed by atoms with Gasteiger partial charge < -0.3 is 0 Å². The van der Waals surface area contributed by atoms with Crippen molar-refractivity contribution in [2.24, 2.45) is 7.05 Å². The van der Waals surface area contributed by atoms with Crippen molar-refractivity contribution in [3.05, 3.63) is 184 Å². The molecule has 0 fully saturated rings. The van der Waals surface area contributed by atoms with Crippen LogP contribution in [0.1, 0.15) is 35.6 Å². The van der Waals surface area contributed by atoms with Crippen LogP contribution in [-0.4, -0.2) is 31.4 Å². The Labute approximate surface area is 296 Å². The maximum Gasteiger partial charge on any atom is 0.345 e. The lowest BCUT2D eigenvalue weighted by atomic mass is 9.77. The van der Waals surface area contributed by atoms with Crippen molar-refractivity contribution in [2.75, 3.05) is 11.4 Å². The van der Waals surface area contributed by atoms with Gasteiger partial charge in [0.15, 0.2) is 5.82 Å². The Morgan fingerprint density at radius 2 is 1.28 bits per heavy atom. The first kappa shape index (κ1) is 32.7. The van der Waals surface area contributed by atoms with E-state index < -0.39 is 5.54 Å². The molecule has 0 N–H and O–H groups in total. The van der Waals surface area contributed by atoms with E-state index in [9.17, 15) is 4.91 Å². The minimum Gasteiger partial charge on any atom is -0.253 e. The van der Waals surface area contributed by atoms with Gasteiger partial charge in [0.1, 0.15) is 12.1 Å². The monoisotopic (exact) mass is 678 g/mol. The summed E-state index contributed by atoms with van der Waals surface area (Å²) in [4.78, 5) is 15.0. The van der Waals surface area contributed by atoms with Gasteiger partial charge in [-0.3, -0.25) is 4.90 Å². The zero-order valence-electron chi connectivity index (χ0n) is 28.0. The highest BCUT2D eigenvalue weighted by Crippen LogP contribution is 2.43. The molecular weight excluding hydrogens is 642 g/mol. The summed E-state index contributed by atoms with van der Waals surface area (Å²) >= 11 is 6.34. The van der Waals surface area contributed by atoms with Crippen LogP contribution in [0.2, 0.25) is 5.02 Å². The predicted molar refractivity (Wildman–Crippen MR) is 198 cm³/mol. The maximum absolute atomic E-state index is 12.9. The average Bonchev–Trinajstić information content (AvgIpc) is 3.65. The van der Waals surface area contributed by atoms with Gasteiger partial charge in [0.05, 0.1) is 35.4 Å². The first-order valence-corrected chi connectivity index (χ1v) is 17.1. The zero-order valence-corrected chi connectivity index (χ0v) is 28.7. The Balaban J connectivity index is 1.33. The van der Waals surface area contributed by atoms with Gasteiger partial charge in [-0.1, -0.05) is 158 Å². The van der Waals surface area contributed by atoms with Gasteiger partial charge in [-0.05, 0) is 55.1 Å². The Morgan fingerprint density at radius 1 is 0.740 bits per heavy atom. The Hall–Kier alpha value is -5.86. The Morgan fingerprint density at radius 3 is 1.84 bits per heavy atom. The maximum atomic E-state index is 12.9. The fraction of sp³-hybridized carbons (Fsp3) is 0.146. The smallest absolute Gasteiger partial charge is 0.253 e. The molecule has 0 saturated heterocycles. The molecule has 0 bridgehead atoms. The number of hydrogen-bond donors (Lipinski definition) is 0. The molecule has 7 aromatic rings. The first-order chi connectivity index (χ1) is 24.5. The summed E-state index contributed by atoms with van der Waals surface area (Å²) in [6.07, 6.45) is 2.49. The lowest BCUT2D eigenvalue weighted by Crippen LogP contribution is -2.39. The molecule has 0 radical (unpaired) electrons. The molecule has 0 spiro atoms. The van der Waals surface area contributed by atoms with Crippen molar-refractivity contribution >= 4 is 17.4 Å². The predicted octanol–water partition coefficient (Wildman–Crippen LogP) is 8.17. The number of tetrazole rings is 1. The fourth-order valence-electron chi connectivity index (χ4n) is 6.79. The summed E-state index contributed by atoms with van der Waals surface area (Å²) < 4.78 is 4.29. The van der Waals surface area contributed by atoms with Crippen LogP contribution in [0.4, 0.5) is 5.82 Å². The molecule has 9 heteroatoms. The molecule has 0 aliphatic heterocycles. The van der Waals surface area contributed by atoms with Gasteiger partial charge in [0, 0.05) is 5.56 Å². The van der Waals surface area contributed by atoms with E-state index in [1.54, 1.807) is 19.3 Å². The van der Waals surface area contributed by atoms with Gasteiger partial charge in [-0.15, -0.1) is 5.10 Å². The number of halogens is 1. The van der Waals surface area contributed by atoms with Crippen LogP contribution in [0.3, 0.4) is 0 Å². The van der Waals surface area contributed by atoms with E-state index in [1.807, 2.05) is 35.0 Å². The van der Waals surface area contributed by atoms with Crippen molar-refractivity contribution in [3.63, 3.8) is 0 Å². The van der Waals surface area contributed by atoms with E-state index in [0.29, 0.717) is 29.8 Å². The van der Waals surface area contributed by atoms with Crippen molar-refractivity contribution in [2.45, 2.75) is 25.4 Å². The van der Waals surface area contributed by atoms with Crippen LogP contribution in [0.15, 0.2) is 152 Å². The van der Waals surface area contributed by atoms with Crippen molar-refractivity contribution < 1.29 is 4.54 Å². The van der Waals surface area contributed by atoms with Crippen molar-refractivity contribution in [3.8, 4) is 22.5 Å². The van der Waals surface area contributed by atoms with Crippen LogP contribution in [-0.2, 0) is 19.1 Å². The van der Waals surface area contributed by atoms with E-state index in [1.165, 1.54) is 4.68 Å². The molecule has 7 rings (SSSR count). The molecule has 2 aromatic heterocycles. The normalized spacial score (nSPS) is 11.4. The zero-order chi connectivity index (χ0) is 34.5.